The average Bonchev–Trinajstić information content (AvgIpc) is 2.77. The van der Waals surface area contributed by atoms with Crippen molar-refractivity contribution in [2.45, 2.75) is 137 Å². The molecule has 0 aliphatic heterocycles. The van der Waals surface area contributed by atoms with Gasteiger partial charge in [0.1, 0.15) is 0 Å². The van der Waals surface area contributed by atoms with Crippen LogP contribution in [0.15, 0.2) is 0 Å². The van der Waals surface area contributed by atoms with Gasteiger partial charge in [0, 0.05) is 0 Å². The quantitative estimate of drug-likeness (QED) is 0.0693. The summed E-state index contributed by atoms with van der Waals surface area (Å²) in [4.78, 5) is 0. The van der Waals surface area contributed by atoms with Crippen LogP contribution >= 0.6 is 0 Å². The summed E-state index contributed by atoms with van der Waals surface area (Å²) in [5.41, 5.74) is 0. The third-order valence-electron chi connectivity index (χ3n) is 6.72. The summed E-state index contributed by atoms with van der Waals surface area (Å²) >= 11 is 0. The molecule has 0 saturated heterocycles. The van der Waals surface area contributed by atoms with Crippen molar-refractivity contribution in [2.75, 3.05) is 32.8 Å². The lowest BCUT2D eigenvalue weighted by Gasteiger charge is -2.35. The van der Waals surface area contributed by atoms with Crippen molar-refractivity contribution in [3.8, 4) is 0 Å². The summed E-state index contributed by atoms with van der Waals surface area (Å²) in [6.45, 7) is 16.9. The predicted molar refractivity (Wildman–Crippen MR) is 138 cm³/mol. The smallest absolute Gasteiger partial charge is 0.217 e. The Bertz CT molecular complexity index is 456. The summed E-state index contributed by atoms with van der Waals surface area (Å²) < 4.78 is 35.6. The molecule has 0 atom stereocenters. The number of unbranched alkanes of at least 4 members (excludes halogenated alkanes) is 14. The van der Waals surface area contributed by atoms with E-state index in [1.54, 1.807) is 0 Å². The van der Waals surface area contributed by atoms with Gasteiger partial charge in [0.25, 0.3) is 0 Å². The monoisotopic (exact) mass is 479 g/mol. The van der Waals surface area contributed by atoms with Crippen molar-refractivity contribution in [3.05, 3.63) is 0 Å². The molecule has 6 heteroatoms. The highest BCUT2D eigenvalue weighted by molar-refractivity contribution is 7.80. The minimum Gasteiger partial charge on any atom is -0.726 e. The second-order valence-electron chi connectivity index (χ2n) is 9.19. The first-order valence-electron chi connectivity index (χ1n) is 13.8. The molecule has 5 nitrogen and oxygen atoms in total. The van der Waals surface area contributed by atoms with Gasteiger partial charge in [-0.25, -0.2) is 8.42 Å². The van der Waals surface area contributed by atoms with Crippen LogP contribution in [0.3, 0.4) is 0 Å². The Labute approximate surface area is 202 Å². The van der Waals surface area contributed by atoms with Crippen LogP contribution in [0.25, 0.3) is 0 Å². The fraction of sp³-hybridized carbons (Fsp3) is 1.00. The summed E-state index contributed by atoms with van der Waals surface area (Å²) in [6, 6.07) is 0. The molecule has 0 heterocycles. The minimum atomic E-state index is -4.48. The lowest BCUT2D eigenvalue weighted by molar-refractivity contribution is -0.923. The first-order chi connectivity index (χ1) is 15.3. The molecule has 0 spiro atoms. The van der Waals surface area contributed by atoms with E-state index < -0.39 is 10.4 Å². The first kappa shape index (κ1) is 34.0. The van der Waals surface area contributed by atoms with Crippen LogP contribution in [0.2, 0.25) is 0 Å². The topological polar surface area (TPSA) is 66.4 Å². The van der Waals surface area contributed by atoms with Gasteiger partial charge in [-0.3, -0.25) is 4.18 Å². The summed E-state index contributed by atoms with van der Waals surface area (Å²) in [5.74, 6) is 0. The van der Waals surface area contributed by atoms with Gasteiger partial charge in [0.15, 0.2) is 0 Å². The van der Waals surface area contributed by atoms with E-state index in [-0.39, 0.29) is 6.61 Å². The van der Waals surface area contributed by atoms with Crippen molar-refractivity contribution in [1.29, 1.82) is 0 Å². The maximum absolute atomic E-state index is 10.1. The van der Waals surface area contributed by atoms with E-state index in [0.717, 1.165) is 12.8 Å². The molecular formula is C26H57NO4S. The molecule has 0 aromatic carbocycles. The van der Waals surface area contributed by atoms with Crippen LogP contribution in [0, 0.1) is 0 Å². The molecular weight excluding hydrogens is 422 g/mol. The molecule has 196 valence electrons. The van der Waals surface area contributed by atoms with Gasteiger partial charge in [-0.05, 0) is 40.0 Å². The van der Waals surface area contributed by atoms with Crippen molar-refractivity contribution in [3.63, 3.8) is 0 Å². The molecule has 0 radical (unpaired) electrons. The minimum absolute atomic E-state index is 0.0286. The van der Waals surface area contributed by atoms with E-state index >= 15 is 0 Å². The first-order valence-corrected chi connectivity index (χ1v) is 15.1. The number of rotatable bonds is 22. The van der Waals surface area contributed by atoms with Crippen LogP contribution in [-0.2, 0) is 14.6 Å². The standard InChI is InChI=1S/C16H36N.C10H22O4S/c1-5-9-10-11-12-13-14-15-16-17(6-2,7-3)8-4;1-2-3-4-5-6-7-8-9-10-14-15(11,12)13/h5-16H2,1-4H3;2-10H2,1H3,(H,11,12,13)/q+1;/p-1. The normalized spacial score (nSPS) is 11.9. The summed E-state index contributed by atoms with van der Waals surface area (Å²) in [7, 11) is -4.48. The van der Waals surface area contributed by atoms with E-state index in [9.17, 15) is 13.0 Å². The Hall–Kier alpha value is -0.170. The number of hydrogen-bond donors (Lipinski definition) is 0. The molecule has 0 amide bonds. The zero-order valence-electron chi connectivity index (χ0n) is 22.3. The van der Waals surface area contributed by atoms with Gasteiger partial charge in [-0.1, -0.05) is 97.3 Å². The average molecular weight is 480 g/mol. The molecule has 0 aliphatic carbocycles. The second-order valence-corrected chi connectivity index (χ2v) is 10.2. The fourth-order valence-corrected chi connectivity index (χ4v) is 4.45. The van der Waals surface area contributed by atoms with Gasteiger partial charge in [-0.15, -0.1) is 0 Å². The van der Waals surface area contributed by atoms with Crippen molar-refractivity contribution < 1.29 is 21.6 Å². The van der Waals surface area contributed by atoms with Crippen molar-refractivity contribution >= 4 is 10.4 Å². The van der Waals surface area contributed by atoms with Crippen molar-refractivity contribution in [1.82, 2.24) is 0 Å². The van der Waals surface area contributed by atoms with Crippen molar-refractivity contribution in [2.24, 2.45) is 0 Å². The lowest BCUT2D eigenvalue weighted by atomic mass is 10.1. The molecule has 0 unspecified atom stereocenters. The van der Waals surface area contributed by atoms with E-state index in [1.165, 1.54) is 114 Å². The Balaban J connectivity index is 0. The van der Waals surface area contributed by atoms with Crippen LogP contribution in [0.5, 0.6) is 0 Å². The Kier molecular flexibility index (Phi) is 25.5. The zero-order valence-corrected chi connectivity index (χ0v) is 23.2. The van der Waals surface area contributed by atoms with E-state index in [4.69, 9.17) is 0 Å². The molecule has 0 saturated carbocycles. The van der Waals surface area contributed by atoms with Crippen LogP contribution in [0.1, 0.15) is 137 Å². The highest BCUT2D eigenvalue weighted by Gasteiger charge is 2.19. The lowest BCUT2D eigenvalue weighted by Crippen LogP contribution is -2.48. The Morgan fingerprint density at radius 2 is 0.906 bits per heavy atom. The number of hydrogen-bond acceptors (Lipinski definition) is 4. The maximum Gasteiger partial charge on any atom is 0.217 e. The number of quaternary nitrogens is 1. The highest BCUT2D eigenvalue weighted by Crippen LogP contribution is 2.12. The molecule has 0 bridgehead atoms. The predicted octanol–water partition coefficient (Wildman–Crippen LogP) is 7.61. The largest absolute Gasteiger partial charge is 0.726 e. The molecule has 0 aromatic rings. The SMILES string of the molecule is CCCCCCCCCCOS(=O)(=O)[O-].CCCCCCCCCC[N+](CC)(CC)CC. The third-order valence-corrected chi connectivity index (χ3v) is 7.18. The molecule has 0 fully saturated rings. The van der Waals surface area contributed by atoms with Gasteiger partial charge >= 0.3 is 0 Å². The van der Waals surface area contributed by atoms with Gasteiger partial charge in [0.2, 0.25) is 10.4 Å². The van der Waals surface area contributed by atoms with E-state index in [0.29, 0.717) is 6.42 Å². The fourth-order valence-electron chi connectivity index (χ4n) is 4.12. The second kappa shape index (κ2) is 24.0. The van der Waals surface area contributed by atoms with Gasteiger partial charge in [0.05, 0.1) is 32.8 Å². The summed E-state index contributed by atoms with van der Waals surface area (Å²) in [5, 5.41) is 0. The number of nitrogens with zero attached hydrogens (tertiary/aromatic N) is 1. The zero-order chi connectivity index (χ0) is 24.6. The van der Waals surface area contributed by atoms with E-state index in [2.05, 4.69) is 38.8 Å². The Morgan fingerprint density at radius 3 is 1.25 bits per heavy atom. The van der Waals surface area contributed by atoms with E-state index in [1.807, 2.05) is 0 Å². The van der Waals surface area contributed by atoms with Crippen LogP contribution in [0.4, 0.5) is 0 Å². The molecule has 32 heavy (non-hydrogen) atoms. The van der Waals surface area contributed by atoms with Gasteiger partial charge in [-0.2, -0.15) is 0 Å². The molecule has 0 rings (SSSR count). The summed E-state index contributed by atoms with van der Waals surface area (Å²) in [6.07, 6.45) is 20.4. The van der Waals surface area contributed by atoms with Crippen LogP contribution < -0.4 is 0 Å². The van der Waals surface area contributed by atoms with Crippen LogP contribution in [-0.4, -0.2) is 50.2 Å². The molecule has 0 aliphatic rings. The highest BCUT2D eigenvalue weighted by atomic mass is 32.3. The molecule has 0 N–H and O–H groups in total. The van der Waals surface area contributed by atoms with Gasteiger partial charge < -0.3 is 9.04 Å². The maximum atomic E-state index is 10.1. The molecule has 0 aromatic heterocycles. The third kappa shape index (κ3) is 24.5. The Morgan fingerprint density at radius 1 is 0.562 bits per heavy atom.